The molecule has 3 unspecified atom stereocenters. The van der Waals surface area contributed by atoms with Crippen molar-refractivity contribution in [3.63, 3.8) is 0 Å². The first-order chi connectivity index (χ1) is 8.88. The molecule has 1 fully saturated rings. The maximum atomic E-state index is 3.66. The number of likely N-dealkylation sites (tertiary alicyclic amines) is 1. The van der Waals surface area contributed by atoms with Gasteiger partial charge in [0.25, 0.3) is 0 Å². The van der Waals surface area contributed by atoms with Crippen LogP contribution in [0.4, 0.5) is 0 Å². The Morgan fingerprint density at radius 2 is 2.00 bits per heavy atom. The number of hydrogen-bond acceptors (Lipinski definition) is 2. The van der Waals surface area contributed by atoms with Crippen molar-refractivity contribution in [3.05, 3.63) is 0 Å². The predicted octanol–water partition coefficient (Wildman–Crippen LogP) is 3.91. The Balaban J connectivity index is 2.60. The second-order valence-corrected chi connectivity index (χ2v) is 7.43. The number of rotatable bonds is 7. The summed E-state index contributed by atoms with van der Waals surface area (Å²) in [6.45, 7) is 17.8. The van der Waals surface area contributed by atoms with E-state index in [1.165, 1.54) is 38.8 Å². The highest BCUT2D eigenvalue weighted by molar-refractivity contribution is 4.86. The Hall–Kier alpha value is -0.0800. The summed E-state index contributed by atoms with van der Waals surface area (Å²) in [5.41, 5.74) is 0.421. The van der Waals surface area contributed by atoms with E-state index >= 15 is 0 Å². The first-order valence-electron chi connectivity index (χ1n) is 8.35. The summed E-state index contributed by atoms with van der Waals surface area (Å²) in [5.74, 6) is 0.859. The molecule has 19 heavy (non-hydrogen) atoms. The highest BCUT2D eigenvalue weighted by atomic mass is 15.2. The van der Waals surface area contributed by atoms with Gasteiger partial charge in [-0.3, -0.25) is 4.90 Å². The van der Waals surface area contributed by atoms with Crippen LogP contribution >= 0.6 is 0 Å². The van der Waals surface area contributed by atoms with E-state index in [2.05, 4.69) is 51.8 Å². The molecule has 2 nitrogen and oxygen atoms in total. The van der Waals surface area contributed by atoms with Crippen molar-refractivity contribution in [1.82, 2.24) is 10.2 Å². The molecule has 1 saturated heterocycles. The molecule has 0 aromatic carbocycles. The minimum absolute atomic E-state index is 0.421. The van der Waals surface area contributed by atoms with Crippen LogP contribution in [-0.2, 0) is 0 Å². The van der Waals surface area contributed by atoms with E-state index in [0.717, 1.165) is 18.5 Å². The van der Waals surface area contributed by atoms with E-state index in [4.69, 9.17) is 0 Å². The molecule has 1 aliphatic rings. The number of hydrogen-bond donors (Lipinski definition) is 1. The lowest BCUT2D eigenvalue weighted by Gasteiger charge is -2.43. The van der Waals surface area contributed by atoms with Gasteiger partial charge in [-0.05, 0) is 44.1 Å². The Morgan fingerprint density at radius 1 is 1.32 bits per heavy atom. The monoisotopic (exact) mass is 268 g/mol. The fourth-order valence-electron chi connectivity index (χ4n) is 3.41. The van der Waals surface area contributed by atoms with Crippen molar-refractivity contribution in [1.29, 1.82) is 0 Å². The molecule has 114 valence electrons. The van der Waals surface area contributed by atoms with Crippen LogP contribution in [0.1, 0.15) is 67.2 Å². The lowest BCUT2D eigenvalue weighted by molar-refractivity contribution is 0.0606. The number of nitrogens with zero attached hydrogens (tertiary/aromatic N) is 1. The van der Waals surface area contributed by atoms with E-state index in [-0.39, 0.29) is 0 Å². The third kappa shape index (κ3) is 5.43. The summed E-state index contributed by atoms with van der Waals surface area (Å²) in [6, 6.07) is 1.35. The van der Waals surface area contributed by atoms with Crippen molar-refractivity contribution in [2.45, 2.75) is 79.3 Å². The SMILES string of the molecule is CCCC(C)(CNC(C)C)CN1CCCC(C)C1C. The molecule has 0 spiro atoms. The standard InChI is InChI=1S/C17H36N2/c1-7-10-17(6,12-18-14(2)3)13-19-11-8-9-15(4)16(19)5/h14-16,18H,7-13H2,1-6H3. The van der Waals surface area contributed by atoms with Crippen LogP contribution in [0.25, 0.3) is 0 Å². The fraction of sp³-hybridized carbons (Fsp3) is 1.00. The summed E-state index contributed by atoms with van der Waals surface area (Å²) in [5, 5.41) is 3.66. The van der Waals surface area contributed by atoms with Crippen molar-refractivity contribution in [2.24, 2.45) is 11.3 Å². The number of nitrogens with one attached hydrogen (secondary N) is 1. The molecule has 0 bridgehead atoms. The van der Waals surface area contributed by atoms with Crippen molar-refractivity contribution in [3.8, 4) is 0 Å². The van der Waals surface area contributed by atoms with Gasteiger partial charge in [0.05, 0.1) is 0 Å². The average molecular weight is 268 g/mol. The van der Waals surface area contributed by atoms with Gasteiger partial charge in [-0.25, -0.2) is 0 Å². The second kappa shape index (κ2) is 7.64. The maximum absolute atomic E-state index is 3.66. The van der Waals surface area contributed by atoms with Crippen LogP contribution in [-0.4, -0.2) is 36.6 Å². The topological polar surface area (TPSA) is 15.3 Å². The Labute approximate surface area is 121 Å². The van der Waals surface area contributed by atoms with Gasteiger partial charge in [-0.2, -0.15) is 0 Å². The molecule has 0 aromatic heterocycles. The Morgan fingerprint density at radius 3 is 2.58 bits per heavy atom. The zero-order valence-electron chi connectivity index (χ0n) is 14.1. The molecule has 0 amide bonds. The summed E-state index contributed by atoms with van der Waals surface area (Å²) in [7, 11) is 0. The zero-order valence-corrected chi connectivity index (χ0v) is 14.1. The van der Waals surface area contributed by atoms with Crippen LogP contribution in [0.15, 0.2) is 0 Å². The predicted molar refractivity (Wildman–Crippen MR) is 85.6 cm³/mol. The Kier molecular flexibility index (Phi) is 6.82. The largest absolute Gasteiger partial charge is 0.314 e. The third-order valence-corrected chi connectivity index (χ3v) is 4.88. The lowest BCUT2D eigenvalue weighted by atomic mass is 9.82. The minimum atomic E-state index is 0.421. The minimum Gasteiger partial charge on any atom is -0.314 e. The van der Waals surface area contributed by atoms with Crippen LogP contribution in [0.3, 0.4) is 0 Å². The van der Waals surface area contributed by atoms with E-state index < -0.39 is 0 Å². The third-order valence-electron chi connectivity index (χ3n) is 4.88. The van der Waals surface area contributed by atoms with Crippen molar-refractivity contribution in [2.75, 3.05) is 19.6 Å². The van der Waals surface area contributed by atoms with E-state index in [1.807, 2.05) is 0 Å². The maximum Gasteiger partial charge on any atom is 0.00928 e. The van der Waals surface area contributed by atoms with Gasteiger partial charge in [-0.1, -0.05) is 41.0 Å². The zero-order chi connectivity index (χ0) is 14.5. The smallest absolute Gasteiger partial charge is 0.00928 e. The normalized spacial score (nSPS) is 28.6. The molecule has 0 aliphatic carbocycles. The van der Waals surface area contributed by atoms with Crippen LogP contribution in [0, 0.1) is 11.3 Å². The summed E-state index contributed by atoms with van der Waals surface area (Å²) in [6.07, 6.45) is 5.40. The second-order valence-electron chi connectivity index (χ2n) is 7.43. The average Bonchev–Trinajstić information content (AvgIpc) is 2.33. The summed E-state index contributed by atoms with van der Waals surface area (Å²) in [4.78, 5) is 2.74. The van der Waals surface area contributed by atoms with Gasteiger partial charge in [-0.15, -0.1) is 0 Å². The van der Waals surface area contributed by atoms with E-state index in [1.54, 1.807) is 0 Å². The molecule has 3 atom stereocenters. The molecule has 0 aromatic rings. The van der Waals surface area contributed by atoms with Crippen LogP contribution < -0.4 is 5.32 Å². The molecule has 1 rings (SSSR count). The molecule has 2 heteroatoms. The molecular weight excluding hydrogens is 232 g/mol. The highest BCUT2D eigenvalue weighted by Crippen LogP contribution is 2.30. The molecule has 1 aliphatic heterocycles. The molecule has 0 saturated carbocycles. The number of piperidine rings is 1. The quantitative estimate of drug-likeness (QED) is 0.753. The molecule has 1 N–H and O–H groups in total. The first-order valence-corrected chi connectivity index (χ1v) is 8.35. The summed E-state index contributed by atoms with van der Waals surface area (Å²) < 4.78 is 0. The molecular formula is C17H36N2. The van der Waals surface area contributed by atoms with Crippen molar-refractivity contribution >= 4 is 0 Å². The lowest BCUT2D eigenvalue weighted by Crippen LogP contribution is -2.50. The molecule has 0 radical (unpaired) electrons. The fourth-order valence-corrected chi connectivity index (χ4v) is 3.41. The first kappa shape index (κ1) is 17.0. The molecule has 1 heterocycles. The van der Waals surface area contributed by atoms with Crippen LogP contribution in [0.2, 0.25) is 0 Å². The highest BCUT2D eigenvalue weighted by Gasteiger charge is 2.31. The van der Waals surface area contributed by atoms with Gasteiger partial charge in [0, 0.05) is 25.2 Å². The van der Waals surface area contributed by atoms with Crippen LogP contribution in [0.5, 0.6) is 0 Å². The van der Waals surface area contributed by atoms with Gasteiger partial charge in [0.2, 0.25) is 0 Å². The van der Waals surface area contributed by atoms with Gasteiger partial charge < -0.3 is 5.32 Å². The van der Waals surface area contributed by atoms with Gasteiger partial charge >= 0.3 is 0 Å². The van der Waals surface area contributed by atoms with Crippen molar-refractivity contribution < 1.29 is 0 Å². The van der Waals surface area contributed by atoms with Gasteiger partial charge in [0.15, 0.2) is 0 Å². The Bertz CT molecular complexity index is 252. The van der Waals surface area contributed by atoms with E-state index in [0.29, 0.717) is 11.5 Å². The summed E-state index contributed by atoms with van der Waals surface area (Å²) >= 11 is 0. The van der Waals surface area contributed by atoms with Gasteiger partial charge in [0.1, 0.15) is 0 Å². The van der Waals surface area contributed by atoms with E-state index in [9.17, 15) is 0 Å².